The molecule has 2 fully saturated rings. The minimum absolute atomic E-state index is 0.116. The molecular weight excluding hydrogens is 260 g/mol. The monoisotopic (exact) mass is 278 g/mol. The molecule has 1 aliphatic carbocycles. The van der Waals surface area contributed by atoms with Gasteiger partial charge in [0.1, 0.15) is 0 Å². The Bertz CT molecular complexity index is 456. The van der Waals surface area contributed by atoms with Gasteiger partial charge in [0.05, 0.1) is 6.42 Å². The van der Waals surface area contributed by atoms with Crippen molar-refractivity contribution in [1.29, 1.82) is 0 Å². The van der Waals surface area contributed by atoms with Crippen LogP contribution in [0.3, 0.4) is 0 Å². The molecular formula is C15H19ClN2O. The number of amides is 1. The smallest absolute Gasteiger partial charge is 0.224 e. The maximum atomic E-state index is 12.0. The molecule has 102 valence electrons. The Hall–Kier alpha value is -1.06. The van der Waals surface area contributed by atoms with E-state index in [0.29, 0.717) is 17.5 Å². The van der Waals surface area contributed by atoms with Gasteiger partial charge in [0, 0.05) is 30.2 Å². The third-order valence-electron chi connectivity index (χ3n) is 3.93. The largest absolute Gasteiger partial charge is 0.352 e. The van der Waals surface area contributed by atoms with Crippen LogP contribution < -0.4 is 5.32 Å². The highest BCUT2D eigenvalue weighted by molar-refractivity contribution is 6.30. The standard InChI is InChI=1S/C15H19ClN2O/c16-12-3-1-11(2-4-12)9-15(19)17-13-7-8-18(10-13)14-5-6-14/h1-4,13-14H,5-10H2,(H,17,19). The van der Waals surface area contributed by atoms with Crippen molar-refractivity contribution in [2.75, 3.05) is 13.1 Å². The van der Waals surface area contributed by atoms with Crippen LogP contribution in [0.4, 0.5) is 0 Å². The molecule has 1 N–H and O–H groups in total. The van der Waals surface area contributed by atoms with E-state index in [4.69, 9.17) is 11.6 Å². The van der Waals surface area contributed by atoms with E-state index < -0.39 is 0 Å². The van der Waals surface area contributed by atoms with Gasteiger partial charge in [-0.25, -0.2) is 0 Å². The Morgan fingerprint density at radius 1 is 1.26 bits per heavy atom. The van der Waals surface area contributed by atoms with Crippen LogP contribution >= 0.6 is 11.6 Å². The van der Waals surface area contributed by atoms with Gasteiger partial charge in [-0.2, -0.15) is 0 Å². The van der Waals surface area contributed by atoms with Crippen molar-refractivity contribution in [2.45, 2.75) is 37.8 Å². The van der Waals surface area contributed by atoms with Crippen molar-refractivity contribution in [2.24, 2.45) is 0 Å². The number of hydrogen-bond acceptors (Lipinski definition) is 2. The van der Waals surface area contributed by atoms with Gasteiger partial charge < -0.3 is 5.32 Å². The van der Waals surface area contributed by atoms with E-state index in [-0.39, 0.29) is 5.91 Å². The fraction of sp³-hybridized carbons (Fsp3) is 0.533. The molecule has 1 saturated heterocycles. The second-order valence-electron chi connectivity index (χ2n) is 5.58. The molecule has 0 spiro atoms. The minimum atomic E-state index is 0.116. The van der Waals surface area contributed by atoms with Gasteiger partial charge in [0.2, 0.25) is 5.91 Å². The number of nitrogens with one attached hydrogen (secondary N) is 1. The molecule has 1 unspecified atom stereocenters. The van der Waals surface area contributed by atoms with Crippen LogP contribution in [-0.2, 0) is 11.2 Å². The summed E-state index contributed by atoms with van der Waals surface area (Å²) in [6.45, 7) is 2.16. The summed E-state index contributed by atoms with van der Waals surface area (Å²) < 4.78 is 0. The summed E-state index contributed by atoms with van der Waals surface area (Å²) in [5, 5.41) is 3.85. The summed E-state index contributed by atoms with van der Waals surface area (Å²) >= 11 is 5.83. The zero-order valence-corrected chi connectivity index (χ0v) is 11.7. The normalized spacial score (nSPS) is 23.5. The van der Waals surface area contributed by atoms with E-state index in [1.807, 2.05) is 24.3 Å². The molecule has 3 nitrogen and oxygen atoms in total. The zero-order valence-electron chi connectivity index (χ0n) is 10.9. The molecule has 1 amide bonds. The topological polar surface area (TPSA) is 32.3 Å². The molecule has 19 heavy (non-hydrogen) atoms. The number of benzene rings is 1. The van der Waals surface area contributed by atoms with Crippen molar-refractivity contribution in [3.8, 4) is 0 Å². The molecule has 0 radical (unpaired) electrons. The number of carbonyl (C=O) groups is 1. The van der Waals surface area contributed by atoms with Crippen LogP contribution in [0.1, 0.15) is 24.8 Å². The summed E-state index contributed by atoms with van der Waals surface area (Å²) in [6.07, 6.45) is 4.21. The second-order valence-corrected chi connectivity index (χ2v) is 6.02. The molecule has 1 heterocycles. The van der Waals surface area contributed by atoms with Crippen LogP contribution in [0.5, 0.6) is 0 Å². The average molecular weight is 279 g/mol. The van der Waals surface area contributed by atoms with Gasteiger partial charge in [-0.1, -0.05) is 23.7 Å². The summed E-state index contributed by atoms with van der Waals surface area (Å²) in [5.74, 6) is 0.116. The van der Waals surface area contributed by atoms with Crippen LogP contribution in [0.2, 0.25) is 5.02 Å². The summed E-state index contributed by atoms with van der Waals surface area (Å²) in [5.41, 5.74) is 1.01. The quantitative estimate of drug-likeness (QED) is 0.916. The van der Waals surface area contributed by atoms with E-state index >= 15 is 0 Å². The van der Waals surface area contributed by atoms with Gasteiger partial charge in [-0.15, -0.1) is 0 Å². The Morgan fingerprint density at radius 2 is 2.00 bits per heavy atom. The molecule has 1 aromatic rings. The van der Waals surface area contributed by atoms with Gasteiger partial charge in [-0.05, 0) is 37.0 Å². The van der Waals surface area contributed by atoms with Crippen molar-refractivity contribution in [3.05, 3.63) is 34.9 Å². The van der Waals surface area contributed by atoms with Gasteiger partial charge in [0.15, 0.2) is 0 Å². The van der Waals surface area contributed by atoms with E-state index in [0.717, 1.165) is 31.1 Å². The average Bonchev–Trinajstić information content (AvgIpc) is 3.14. The maximum absolute atomic E-state index is 12.0. The second kappa shape index (κ2) is 5.51. The number of rotatable bonds is 4. The number of likely N-dealkylation sites (tertiary alicyclic amines) is 1. The molecule has 0 aromatic heterocycles. The fourth-order valence-electron chi connectivity index (χ4n) is 2.74. The van der Waals surface area contributed by atoms with Gasteiger partial charge in [-0.3, -0.25) is 9.69 Å². The lowest BCUT2D eigenvalue weighted by Crippen LogP contribution is -2.38. The van der Waals surface area contributed by atoms with Crippen LogP contribution in [0.15, 0.2) is 24.3 Å². The van der Waals surface area contributed by atoms with Gasteiger partial charge in [0.25, 0.3) is 0 Å². The zero-order chi connectivity index (χ0) is 13.2. The lowest BCUT2D eigenvalue weighted by atomic mass is 10.1. The number of hydrogen-bond donors (Lipinski definition) is 1. The van der Waals surface area contributed by atoms with E-state index in [2.05, 4.69) is 10.2 Å². The number of halogens is 1. The lowest BCUT2D eigenvalue weighted by molar-refractivity contribution is -0.121. The van der Waals surface area contributed by atoms with E-state index in [1.165, 1.54) is 12.8 Å². The first kappa shape index (κ1) is 12.9. The summed E-state index contributed by atoms with van der Waals surface area (Å²) in [6, 6.07) is 8.61. The first-order valence-corrected chi connectivity index (χ1v) is 7.36. The first-order valence-electron chi connectivity index (χ1n) is 6.98. The highest BCUT2D eigenvalue weighted by Crippen LogP contribution is 2.29. The van der Waals surface area contributed by atoms with Gasteiger partial charge >= 0.3 is 0 Å². The Balaban J connectivity index is 1.47. The lowest BCUT2D eigenvalue weighted by Gasteiger charge is -2.15. The molecule has 1 aliphatic heterocycles. The Kier molecular flexibility index (Phi) is 3.76. The fourth-order valence-corrected chi connectivity index (χ4v) is 2.87. The molecule has 4 heteroatoms. The van der Waals surface area contributed by atoms with E-state index in [9.17, 15) is 4.79 Å². The molecule has 3 rings (SSSR count). The number of carbonyl (C=O) groups excluding carboxylic acids is 1. The molecule has 2 aliphatic rings. The van der Waals surface area contributed by atoms with E-state index in [1.54, 1.807) is 0 Å². The van der Waals surface area contributed by atoms with Crippen molar-refractivity contribution >= 4 is 17.5 Å². The highest BCUT2D eigenvalue weighted by Gasteiger charge is 2.34. The minimum Gasteiger partial charge on any atom is -0.352 e. The molecule has 1 aromatic carbocycles. The van der Waals surface area contributed by atoms with Crippen LogP contribution in [0, 0.1) is 0 Å². The summed E-state index contributed by atoms with van der Waals surface area (Å²) in [7, 11) is 0. The predicted octanol–water partition coefficient (Wildman–Crippen LogP) is 2.24. The molecule has 1 saturated carbocycles. The predicted molar refractivity (Wildman–Crippen MR) is 76.3 cm³/mol. The first-order chi connectivity index (χ1) is 9.20. The molecule has 0 bridgehead atoms. The van der Waals surface area contributed by atoms with Crippen LogP contribution in [0.25, 0.3) is 0 Å². The Morgan fingerprint density at radius 3 is 2.68 bits per heavy atom. The SMILES string of the molecule is O=C(Cc1ccc(Cl)cc1)NC1CCN(C2CC2)C1. The van der Waals surface area contributed by atoms with Crippen molar-refractivity contribution in [3.63, 3.8) is 0 Å². The Labute approximate surface area is 118 Å². The third-order valence-corrected chi connectivity index (χ3v) is 4.18. The van der Waals surface area contributed by atoms with Crippen LogP contribution in [-0.4, -0.2) is 36.0 Å². The van der Waals surface area contributed by atoms with Crippen molar-refractivity contribution in [1.82, 2.24) is 10.2 Å². The number of nitrogens with zero attached hydrogens (tertiary/aromatic N) is 1. The summed E-state index contributed by atoms with van der Waals surface area (Å²) in [4.78, 5) is 14.5. The maximum Gasteiger partial charge on any atom is 0.224 e. The highest BCUT2D eigenvalue weighted by atomic mass is 35.5. The van der Waals surface area contributed by atoms with Crippen molar-refractivity contribution < 1.29 is 4.79 Å². The third kappa shape index (κ3) is 3.48. The molecule has 1 atom stereocenters.